The number of hydrogen-bond acceptors (Lipinski definition) is 2. The van der Waals surface area contributed by atoms with Crippen LogP contribution < -0.4 is 5.32 Å². The molecule has 0 fully saturated rings. The van der Waals surface area contributed by atoms with E-state index in [9.17, 15) is 9.59 Å². The Morgan fingerprint density at radius 3 is 2.74 bits per heavy atom. The summed E-state index contributed by atoms with van der Waals surface area (Å²) in [4.78, 5) is 22.3. The molecule has 1 rings (SSSR count). The van der Waals surface area contributed by atoms with Gasteiger partial charge in [-0.15, -0.1) is 0 Å². The van der Waals surface area contributed by atoms with Gasteiger partial charge in [0.2, 0.25) is 5.91 Å². The van der Waals surface area contributed by atoms with Crippen molar-refractivity contribution in [2.75, 3.05) is 6.54 Å². The lowest BCUT2D eigenvalue weighted by molar-refractivity contribution is -0.120. The Morgan fingerprint density at radius 2 is 2.11 bits per heavy atom. The third-order valence-electron chi connectivity index (χ3n) is 2.29. The van der Waals surface area contributed by atoms with Gasteiger partial charge in [0.15, 0.2) is 0 Å². The highest BCUT2D eigenvalue weighted by atomic mass is 16.1. The number of aldehydes is 1. The van der Waals surface area contributed by atoms with E-state index < -0.39 is 0 Å². The molecule has 3 heteroatoms. The molecule has 0 spiro atoms. The molecule has 0 bridgehead atoms. The SMILES string of the molecule is CC(C)(C)C#CCNC(=O)Cc1cccc(C=O)c1. The van der Waals surface area contributed by atoms with Gasteiger partial charge in [-0.05, 0) is 32.4 Å². The Morgan fingerprint density at radius 1 is 1.37 bits per heavy atom. The topological polar surface area (TPSA) is 46.2 Å². The minimum atomic E-state index is -0.0914. The monoisotopic (exact) mass is 257 g/mol. The van der Waals surface area contributed by atoms with Gasteiger partial charge >= 0.3 is 0 Å². The van der Waals surface area contributed by atoms with E-state index in [4.69, 9.17) is 0 Å². The van der Waals surface area contributed by atoms with Gasteiger partial charge in [0, 0.05) is 11.0 Å². The molecule has 0 unspecified atom stereocenters. The van der Waals surface area contributed by atoms with Crippen molar-refractivity contribution in [2.45, 2.75) is 27.2 Å². The molecule has 1 N–H and O–H groups in total. The van der Waals surface area contributed by atoms with Crippen LogP contribution >= 0.6 is 0 Å². The molecule has 0 atom stereocenters. The van der Waals surface area contributed by atoms with Crippen LogP contribution in [-0.2, 0) is 11.2 Å². The number of carbonyl (C=O) groups excluding carboxylic acids is 2. The van der Waals surface area contributed by atoms with E-state index in [1.165, 1.54) is 0 Å². The maximum absolute atomic E-state index is 11.7. The average molecular weight is 257 g/mol. The van der Waals surface area contributed by atoms with E-state index in [1.807, 2.05) is 26.8 Å². The molecule has 0 saturated carbocycles. The van der Waals surface area contributed by atoms with Crippen LogP contribution in [0.1, 0.15) is 36.7 Å². The smallest absolute Gasteiger partial charge is 0.225 e. The standard InChI is InChI=1S/C16H19NO2/c1-16(2,3)8-5-9-17-15(19)11-13-6-4-7-14(10-13)12-18/h4,6-7,10,12H,9,11H2,1-3H3,(H,17,19). The number of nitrogens with one attached hydrogen (secondary N) is 1. The van der Waals surface area contributed by atoms with Crippen molar-refractivity contribution in [3.8, 4) is 11.8 Å². The fourth-order valence-corrected chi connectivity index (χ4v) is 1.48. The summed E-state index contributed by atoms with van der Waals surface area (Å²) in [5.41, 5.74) is 1.35. The molecular formula is C16H19NO2. The highest BCUT2D eigenvalue weighted by Crippen LogP contribution is 2.09. The number of hydrogen-bond donors (Lipinski definition) is 1. The maximum Gasteiger partial charge on any atom is 0.225 e. The van der Waals surface area contributed by atoms with E-state index >= 15 is 0 Å². The zero-order valence-corrected chi connectivity index (χ0v) is 11.6. The van der Waals surface area contributed by atoms with E-state index in [0.717, 1.165) is 11.8 Å². The summed E-state index contributed by atoms with van der Waals surface area (Å²) < 4.78 is 0. The van der Waals surface area contributed by atoms with Crippen LogP contribution in [0.3, 0.4) is 0 Å². The lowest BCUT2D eigenvalue weighted by Crippen LogP contribution is -2.25. The van der Waals surface area contributed by atoms with Gasteiger partial charge in [0.25, 0.3) is 0 Å². The molecule has 0 aromatic heterocycles. The Labute approximate surface area is 114 Å². The van der Waals surface area contributed by atoms with Crippen LogP contribution in [0, 0.1) is 17.3 Å². The number of amides is 1. The summed E-state index contributed by atoms with van der Waals surface area (Å²) in [5, 5.41) is 2.74. The van der Waals surface area contributed by atoms with Crippen LogP contribution in [0.5, 0.6) is 0 Å². The molecule has 1 amide bonds. The Bertz CT molecular complexity index is 516. The Kier molecular flexibility index (Phi) is 5.32. The van der Waals surface area contributed by atoms with Crippen molar-refractivity contribution in [1.82, 2.24) is 5.32 Å². The lowest BCUT2D eigenvalue weighted by Gasteiger charge is -2.07. The zero-order chi connectivity index (χ0) is 14.3. The predicted octanol–water partition coefficient (Wildman–Crippen LogP) is 2.21. The van der Waals surface area contributed by atoms with E-state index in [-0.39, 0.29) is 17.7 Å². The predicted molar refractivity (Wildman–Crippen MR) is 75.8 cm³/mol. The quantitative estimate of drug-likeness (QED) is 0.664. The molecule has 0 aliphatic rings. The molecule has 1 aromatic rings. The minimum Gasteiger partial charge on any atom is -0.345 e. The van der Waals surface area contributed by atoms with Crippen LogP contribution in [-0.4, -0.2) is 18.7 Å². The molecule has 0 radical (unpaired) electrons. The first-order chi connectivity index (χ1) is 8.90. The molecular weight excluding hydrogens is 238 g/mol. The van der Waals surface area contributed by atoms with Crippen molar-refractivity contribution in [1.29, 1.82) is 0 Å². The van der Waals surface area contributed by atoms with Gasteiger partial charge in [0.1, 0.15) is 6.29 Å². The molecule has 0 heterocycles. The second-order valence-electron chi connectivity index (χ2n) is 5.37. The molecule has 3 nitrogen and oxygen atoms in total. The highest BCUT2D eigenvalue weighted by molar-refractivity contribution is 5.80. The largest absolute Gasteiger partial charge is 0.345 e. The summed E-state index contributed by atoms with van der Waals surface area (Å²) in [6, 6.07) is 7.02. The molecule has 0 aliphatic carbocycles. The lowest BCUT2D eigenvalue weighted by atomic mass is 9.98. The molecule has 1 aromatic carbocycles. The summed E-state index contributed by atoms with van der Waals surface area (Å²) in [6.45, 7) is 6.41. The second-order valence-corrected chi connectivity index (χ2v) is 5.37. The van der Waals surface area contributed by atoms with Gasteiger partial charge in [-0.3, -0.25) is 9.59 Å². The minimum absolute atomic E-state index is 0.0526. The van der Waals surface area contributed by atoms with Gasteiger partial charge in [-0.2, -0.15) is 0 Å². The molecule has 100 valence electrons. The number of rotatable bonds is 4. The van der Waals surface area contributed by atoms with E-state index in [2.05, 4.69) is 17.2 Å². The van der Waals surface area contributed by atoms with E-state index in [0.29, 0.717) is 12.1 Å². The first-order valence-electron chi connectivity index (χ1n) is 6.21. The molecule has 0 saturated heterocycles. The molecule has 0 aliphatic heterocycles. The fourth-order valence-electron chi connectivity index (χ4n) is 1.48. The highest BCUT2D eigenvalue weighted by Gasteiger charge is 2.04. The van der Waals surface area contributed by atoms with Crippen molar-refractivity contribution < 1.29 is 9.59 Å². The summed E-state index contributed by atoms with van der Waals surface area (Å²) in [5.74, 6) is 5.88. The van der Waals surface area contributed by atoms with Crippen molar-refractivity contribution in [3.63, 3.8) is 0 Å². The normalized spacial score (nSPS) is 10.3. The average Bonchev–Trinajstić information content (AvgIpc) is 2.34. The van der Waals surface area contributed by atoms with Crippen molar-refractivity contribution in [2.24, 2.45) is 5.41 Å². The second kappa shape index (κ2) is 6.75. The third-order valence-corrected chi connectivity index (χ3v) is 2.29. The van der Waals surface area contributed by atoms with E-state index in [1.54, 1.807) is 18.2 Å². The number of carbonyl (C=O) groups is 2. The van der Waals surface area contributed by atoms with Crippen molar-refractivity contribution >= 4 is 12.2 Å². The van der Waals surface area contributed by atoms with Gasteiger partial charge in [-0.1, -0.05) is 30.0 Å². The summed E-state index contributed by atoms with van der Waals surface area (Å²) in [7, 11) is 0. The summed E-state index contributed by atoms with van der Waals surface area (Å²) in [6.07, 6.45) is 1.04. The third kappa shape index (κ3) is 6.42. The van der Waals surface area contributed by atoms with Crippen LogP contribution in [0.2, 0.25) is 0 Å². The Balaban J connectivity index is 2.46. The van der Waals surface area contributed by atoms with Gasteiger partial charge in [-0.25, -0.2) is 0 Å². The maximum atomic E-state index is 11.7. The number of benzene rings is 1. The summed E-state index contributed by atoms with van der Waals surface area (Å²) >= 11 is 0. The Hall–Kier alpha value is -2.08. The van der Waals surface area contributed by atoms with Crippen LogP contribution in [0.15, 0.2) is 24.3 Å². The van der Waals surface area contributed by atoms with Crippen molar-refractivity contribution in [3.05, 3.63) is 35.4 Å². The fraction of sp³-hybridized carbons (Fsp3) is 0.375. The van der Waals surface area contributed by atoms with Gasteiger partial charge < -0.3 is 5.32 Å². The molecule has 19 heavy (non-hydrogen) atoms. The zero-order valence-electron chi connectivity index (χ0n) is 11.6. The first-order valence-corrected chi connectivity index (χ1v) is 6.21. The van der Waals surface area contributed by atoms with Crippen LogP contribution in [0.25, 0.3) is 0 Å². The first kappa shape index (κ1) is 15.0. The van der Waals surface area contributed by atoms with Crippen LogP contribution in [0.4, 0.5) is 0 Å². The van der Waals surface area contributed by atoms with Gasteiger partial charge in [0.05, 0.1) is 13.0 Å².